The van der Waals surface area contributed by atoms with Crippen LogP contribution in [-0.4, -0.2) is 29.1 Å². The molecule has 0 radical (unpaired) electrons. The number of anilines is 1. The van der Waals surface area contributed by atoms with Crippen LogP contribution in [0.4, 0.5) is 11.5 Å². The third-order valence-corrected chi connectivity index (χ3v) is 5.70. The van der Waals surface area contributed by atoms with Gasteiger partial charge in [-0.05, 0) is 41.3 Å². The fourth-order valence-corrected chi connectivity index (χ4v) is 3.73. The molecule has 0 atom stereocenters. The summed E-state index contributed by atoms with van der Waals surface area (Å²) in [6.07, 6.45) is 2.62. The van der Waals surface area contributed by atoms with E-state index < -0.39 is 0 Å². The standard InChI is InChI=1S/C25H23ClN4O2/c1-2-17-9-11-18(12-10-17)22-14-24(32)30(25-21(29-22)8-5-13-27-25)16-23(31)28-15-19-6-3-4-7-20(19)26/h3-13H,2,14-16H2,1H3,(H,28,31). The van der Waals surface area contributed by atoms with Crippen molar-refractivity contribution in [3.63, 3.8) is 0 Å². The normalized spacial score (nSPS) is 13.2. The molecular weight excluding hydrogens is 424 g/mol. The Morgan fingerprint density at radius 1 is 1.09 bits per heavy atom. The summed E-state index contributed by atoms with van der Waals surface area (Å²) in [4.78, 5) is 36.3. The molecule has 0 bridgehead atoms. The van der Waals surface area contributed by atoms with E-state index in [9.17, 15) is 9.59 Å². The molecule has 0 spiro atoms. The van der Waals surface area contributed by atoms with E-state index in [1.807, 2.05) is 42.5 Å². The summed E-state index contributed by atoms with van der Waals surface area (Å²) in [5.41, 5.74) is 4.13. The molecule has 4 rings (SSSR count). The Hall–Kier alpha value is -3.51. The van der Waals surface area contributed by atoms with Gasteiger partial charge in [-0.1, -0.05) is 61.0 Å². The minimum Gasteiger partial charge on any atom is -0.350 e. The topological polar surface area (TPSA) is 74.7 Å². The van der Waals surface area contributed by atoms with E-state index in [0.717, 1.165) is 17.5 Å². The lowest BCUT2D eigenvalue weighted by Crippen LogP contribution is -2.41. The molecule has 0 aliphatic carbocycles. The highest BCUT2D eigenvalue weighted by Crippen LogP contribution is 2.30. The highest BCUT2D eigenvalue weighted by atomic mass is 35.5. The number of fused-ring (bicyclic) bond motifs is 1. The average molecular weight is 447 g/mol. The van der Waals surface area contributed by atoms with Crippen molar-refractivity contribution in [3.8, 4) is 0 Å². The fourth-order valence-electron chi connectivity index (χ4n) is 3.52. The Morgan fingerprint density at radius 3 is 2.62 bits per heavy atom. The number of nitrogens with one attached hydrogen (secondary N) is 1. The molecule has 3 aromatic rings. The second-order valence-corrected chi connectivity index (χ2v) is 7.89. The number of aromatic nitrogens is 1. The number of pyridine rings is 1. The van der Waals surface area contributed by atoms with Crippen LogP contribution >= 0.6 is 11.6 Å². The van der Waals surface area contributed by atoms with E-state index in [1.165, 1.54) is 10.5 Å². The number of carbonyl (C=O) groups is 2. The van der Waals surface area contributed by atoms with Crippen LogP contribution in [0.3, 0.4) is 0 Å². The quantitative estimate of drug-likeness (QED) is 0.607. The third-order valence-electron chi connectivity index (χ3n) is 5.33. The first-order valence-electron chi connectivity index (χ1n) is 10.5. The maximum absolute atomic E-state index is 13.2. The molecule has 6 nitrogen and oxygen atoms in total. The lowest BCUT2D eigenvalue weighted by atomic mass is 10.0. The van der Waals surface area contributed by atoms with E-state index in [0.29, 0.717) is 22.2 Å². The first-order chi connectivity index (χ1) is 15.5. The molecule has 0 unspecified atom stereocenters. The van der Waals surface area contributed by atoms with Crippen molar-refractivity contribution in [2.24, 2.45) is 4.99 Å². The zero-order valence-electron chi connectivity index (χ0n) is 17.7. The summed E-state index contributed by atoms with van der Waals surface area (Å²) in [6, 6.07) is 18.9. The summed E-state index contributed by atoms with van der Waals surface area (Å²) < 4.78 is 0. The number of rotatable bonds is 6. The highest BCUT2D eigenvalue weighted by molar-refractivity contribution is 6.31. The van der Waals surface area contributed by atoms with Crippen LogP contribution in [0.1, 0.15) is 30.0 Å². The Bertz CT molecular complexity index is 1170. The number of halogens is 1. The summed E-state index contributed by atoms with van der Waals surface area (Å²) in [6.45, 7) is 2.23. The van der Waals surface area contributed by atoms with Crippen molar-refractivity contribution < 1.29 is 9.59 Å². The number of carbonyl (C=O) groups excluding carboxylic acids is 2. The van der Waals surface area contributed by atoms with Crippen LogP contribution in [0, 0.1) is 0 Å². The van der Waals surface area contributed by atoms with E-state index in [4.69, 9.17) is 16.6 Å². The van der Waals surface area contributed by atoms with Crippen LogP contribution in [0.5, 0.6) is 0 Å². The predicted molar refractivity (Wildman–Crippen MR) is 127 cm³/mol. The first kappa shape index (κ1) is 21.7. The highest BCUT2D eigenvalue weighted by Gasteiger charge is 2.27. The van der Waals surface area contributed by atoms with Gasteiger partial charge in [0.1, 0.15) is 12.2 Å². The Balaban J connectivity index is 1.54. The van der Waals surface area contributed by atoms with Crippen LogP contribution < -0.4 is 10.2 Å². The molecule has 1 aliphatic rings. The maximum atomic E-state index is 13.2. The molecule has 1 N–H and O–H groups in total. The van der Waals surface area contributed by atoms with Crippen LogP contribution in [0.15, 0.2) is 71.9 Å². The molecule has 7 heteroatoms. The van der Waals surface area contributed by atoms with E-state index >= 15 is 0 Å². The maximum Gasteiger partial charge on any atom is 0.240 e. The molecule has 1 aliphatic heterocycles. The molecule has 1 aromatic heterocycles. The van der Waals surface area contributed by atoms with Gasteiger partial charge in [-0.2, -0.15) is 0 Å². The smallest absolute Gasteiger partial charge is 0.240 e. The van der Waals surface area contributed by atoms with Crippen molar-refractivity contribution >= 4 is 40.6 Å². The van der Waals surface area contributed by atoms with E-state index in [1.54, 1.807) is 24.4 Å². The molecule has 0 fully saturated rings. The van der Waals surface area contributed by atoms with Crippen molar-refractivity contribution in [1.29, 1.82) is 0 Å². The minimum atomic E-state index is -0.300. The van der Waals surface area contributed by atoms with Gasteiger partial charge in [-0.3, -0.25) is 14.5 Å². The Kier molecular flexibility index (Phi) is 6.61. The van der Waals surface area contributed by atoms with Crippen LogP contribution in [0.2, 0.25) is 5.02 Å². The number of aryl methyl sites for hydroxylation is 1. The van der Waals surface area contributed by atoms with Gasteiger partial charge in [-0.25, -0.2) is 9.98 Å². The SMILES string of the molecule is CCc1ccc(C2=Nc3cccnc3N(CC(=O)NCc3ccccc3Cl)C(=O)C2)cc1. The number of hydrogen-bond donors (Lipinski definition) is 1. The summed E-state index contributed by atoms with van der Waals surface area (Å²) in [5.74, 6) is -0.148. The first-order valence-corrected chi connectivity index (χ1v) is 10.9. The zero-order valence-corrected chi connectivity index (χ0v) is 18.5. The number of benzene rings is 2. The molecule has 2 amide bonds. The van der Waals surface area contributed by atoms with Gasteiger partial charge in [0, 0.05) is 17.8 Å². The van der Waals surface area contributed by atoms with Gasteiger partial charge >= 0.3 is 0 Å². The van der Waals surface area contributed by atoms with Crippen LogP contribution in [0.25, 0.3) is 0 Å². The molecule has 0 saturated heterocycles. The summed E-state index contributed by atoms with van der Waals surface area (Å²) in [7, 11) is 0. The van der Waals surface area contributed by atoms with Gasteiger partial charge in [0.2, 0.25) is 11.8 Å². The Labute approximate surface area is 192 Å². The van der Waals surface area contributed by atoms with Gasteiger partial charge in [-0.15, -0.1) is 0 Å². The van der Waals surface area contributed by atoms with Gasteiger partial charge in [0.25, 0.3) is 0 Å². The van der Waals surface area contributed by atoms with Crippen molar-refractivity contribution in [1.82, 2.24) is 10.3 Å². The monoisotopic (exact) mass is 446 g/mol. The van der Waals surface area contributed by atoms with Crippen molar-refractivity contribution in [2.45, 2.75) is 26.3 Å². The summed E-state index contributed by atoms with van der Waals surface area (Å²) in [5, 5.41) is 3.41. The molecule has 162 valence electrons. The minimum absolute atomic E-state index is 0.0830. The van der Waals surface area contributed by atoms with E-state index in [2.05, 4.69) is 17.2 Å². The summed E-state index contributed by atoms with van der Waals surface area (Å²) >= 11 is 6.16. The molecule has 0 saturated carbocycles. The third kappa shape index (κ3) is 4.86. The number of hydrogen-bond acceptors (Lipinski definition) is 4. The zero-order chi connectivity index (χ0) is 22.5. The second kappa shape index (κ2) is 9.75. The molecule has 32 heavy (non-hydrogen) atoms. The number of amides is 2. The predicted octanol–water partition coefficient (Wildman–Crippen LogP) is 4.47. The lowest BCUT2D eigenvalue weighted by Gasteiger charge is -2.20. The average Bonchev–Trinajstić information content (AvgIpc) is 2.95. The lowest BCUT2D eigenvalue weighted by molar-refractivity contribution is -0.123. The molecule has 2 heterocycles. The number of aliphatic imine (C=N–C) groups is 1. The van der Waals surface area contributed by atoms with Crippen molar-refractivity contribution in [2.75, 3.05) is 11.4 Å². The van der Waals surface area contributed by atoms with Gasteiger partial charge in [0.15, 0.2) is 5.82 Å². The Morgan fingerprint density at radius 2 is 1.88 bits per heavy atom. The van der Waals surface area contributed by atoms with Gasteiger partial charge < -0.3 is 5.32 Å². The van der Waals surface area contributed by atoms with Crippen molar-refractivity contribution in [3.05, 3.63) is 88.6 Å². The van der Waals surface area contributed by atoms with E-state index in [-0.39, 0.29) is 31.3 Å². The largest absolute Gasteiger partial charge is 0.350 e. The molecular formula is C25H23ClN4O2. The second-order valence-electron chi connectivity index (χ2n) is 7.48. The number of nitrogens with zero attached hydrogens (tertiary/aromatic N) is 3. The van der Waals surface area contributed by atoms with Gasteiger partial charge in [0.05, 0.1) is 12.1 Å². The fraction of sp³-hybridized carbons (Fsp3) is 0.200. The van der Waals surface area contributed by atoms with Crippen LogP contribution in [-0.2, 0) is 22.6 Å². The molecule has 2 aromatic carbocycles.